The molecule has 2 saturated heterocycles. The summed E-state index contributed by atoms with van der Waals surface area (Å²) < 4.78 is 14.9. The number of phenols is 1. The van der Waals surface area contributed by atoms with E-state index in [0.717, 1.165) is 11.1 Å². The molecule has 0 saturated carbocycles. The van der Waals surface area contributed by atoms with Crippen molar-refractivity contribution >= 4 is 39.3 Å². The molecule has 2 fully saturated rings. The van der Waals surface area contributed by atoms with Gasteiger partial charge in [0.1, 0.15) is 23.8 Å². The largest absolute Gasteiger partial charge is 0.508 e. The molecule has 1 N–H and O–H groups in total. The van der Waals surface area contributed by atoms with Crippen LogP contribution in [0.2, 0.25) is 0 Å². The number of carbonyl (C=O) groups is 3. The molecule has 0 unspecified atom stereocenters. The molecule has 0 bridgehead atoms. The highest BCUT2D eigenvalue weighted by molar-refractivity contribution is 7.16. The number of hydrogen-bond donors (Lipinski definition) is 1. The number of piperazine rings is 1. The van der Waals surface area contributed by atoms with Crippen LogP contribution < -0.4 is 0 Å². The van der Waals surface area contributed by atoms with Crippen molar-refractivity contribution in [3.63, 3.8) is 0 Å². The van der Waals surface area contributed by atoms with Crippen molar-refractivity contribution in [3.05, 3.63) is 102 Å². The number of fused-ring (bicyclic) bond motifs is 2. The van der Waals surface area contributed by atoms with E-state index in [-0.39, 0.29) is 68.3 Å². The van der Waals surface area contributed by atoms with E-state index in [0.29, 0.717) is 22.2 Å². The van der Waals surface area contributed by atoms with Gasteiger partial charge in [0, 0.05) is 38.3 Å². The molecule has 2 atom stereocenters. The number of nitrogens with zero attached hydrogens (tertiary/aromatic N) is 6. The molecule has 44 heavy (non-hydrogen) atoms. The lowest BCUT2D eigenvalue weighted by molar-refractivity contribution is -0.205. The molecule has 2 aromatic heterocycles. The number of thiazole rings is 1. The second-order valence-electron chi connectivity index (χ2n) is 10.9. The summed E-state index contributed by atoms with van der Waals surface area (Å²) in [6, 6.07) is 12.3. The van der Waals surface area contributed by atoms with Gasteiger partial charge >= 0.3 is 0 Å². The number of halogens is 1. The van der Waals surface area contributed by atoms with Crippen LogP contribution in [0.5, 0.6) is 5.75 Å². The summed E-state index contributed by atoms with van der Waals surface area (Å²) in [7, 11) is 0. The van der Waals surface area contributed by atoms with Crippen LogP contribution in [0.25, 0.3) is 10.2 Å². The number of benzene rings is 2. The number of carbonyl (C=O) groups excluding carboxylic acids is 3. The van der Waals surface area contributed by atoms with Gasteiger partial charge in [-0.1, -0.05) is 24.3 Å². The number of amides is 3. The molecule has 3 amide bonds. The average Bonchev–Trinajstić information content (AvgIpc) is 3.52. The quantitative estimate of drug-likeness (QED) is 0.287. The first-order valence-electron chi connectivity index (χ1n) is 14.3. The van der Waals surface area contributed by atoms with Crippen molar-refractivity contribution in [1.82, 2.24) is 29.8 Å². The van der Waals surface area contributed by atoms with Gasteiger partial charge in [-0.2, -0.15) is 0 Å². The van der Waals surface area contributed by atoms with Gasteiger partial charge < -0.3 is 14.9 Å². The Morgan fingerprint density at radius 3 is 2.61 bits per heavy atom. The zero-order valence-electron chi connectivity index (χ0n) is 23.9. The van der Waals surface area contributed by atoms with Crippen LogP contribution in [0.1, 0.15) is 23.1 Å². The van der Waals surface area contributed by atoms with Gasteiger partial charge in [0.25, 0.3) is 0 Å². The van der Waals surface area contributed by atoms with Gasteiger partial charge in [-0.05, 0) is 53.4 Å². The van der Waals surface area contributed by atoms with E-state index >= 15 is 0 Å². The Bertz CT molecular complexity index is 1700. The van der Waals surface area contributed by atoms with E-state index in [4.69, 9.17) is 0 Å². The minimum Gasteiger partial charge on any atom is -0.508 e. The van der Waals surface area contributed by atoms with Crippen molar-refractivity contribution in [3.8, 4) is 5.75 Å². The number of phenolic OH excluding ortho intramolecular Hbond substituents is 1. The molecule has 4 aromatic rings. The zero-order chi connectivity index (χ0) is 30.8. The van der Waals surface area contributed by atoms with E-state index < -0.39 is 12.2 Å². The molecule has 0 aliphatic carbocycles. The first-order valence-corrected chi connectivity index (χ1v) is 15.2. The molecule has 2 aromatic carbocycles. The fourth-order valence-corrected chi connectivity index (χ4v) is 6.72. The Hall–Kier alpha value is -4.68. The maximum Gasteiger partial charge on any atom is 0.246 e. The summed E-state index contributed by atoms with van der Waals surface area (Å²) >= 11 is 1.19. The monoisotopic (exact) mass is 614 g/mol. The second kappa shape index (κ2) is 12.5. The fourth-order valence-electron chi connectivity index (χ4n) is 5.98. The van der Waals surface area contributed by atoms with E-state index in [1.54, 1.807) is 62.0 Å². The van der Waals surface area contributed by atoms with E-state index in [2.05, 4.69) is 16.5 Å². The lowest BCUT2D eigenvalue weighted by atomic mass is 9.98. The molecule has 226 valence electrons. The van der Waals surface area contributed by atoms with Crippen molar-refractivity contribution in [1.29, 1.82) is 0 Å². The molecule has 0 spiro atoms. The molecule has 2 aliphatic rings. The highest BCUT2D eigenvalue weighted by Crippen LogP contribution is 2.32. The third kappa shape index (κ3) is 5.78. The van der Waals surface area contributed by atoms with Gasteiger partial charge in [-0.25, -0.2) is 19.4 Å². The third-order valence-electron chi connectivity index (χ3n) is 8.05. The number of pyridine rings is 1. The molecule has 12 heteroatoms. The molecular formula is C32H31FN6O4S. The maximum atomic E-state index is 14.5. The lowest BCUT2D eigenvalue weighted by Crippen LogP contribution is -2.75. The minimum absolute atomic E-state index is 0.0638. The normalized spacial score (nSPS) is 19.0. The summed E-state index contributed by atoms with van der Waals surface area (Å²) in [6.45, 7) is 4.21. The molecule has 2 aliphatic heterocycles. The topological polar surface area (TPSA) is 110 Å². The smallest absolute Gasteiger partial charge is 0.246 e. The van der Waals surface area contributed by atoms with E-state index in [1.807, 2.05) is 12.1 Å². The van der Waals surface area contributed by atoms with Crippen LogP contribution >= 0.6 is 11.3 Å². The summed E-state index contributed by atoms with van der Waals surface area (Å²) in [5, 5.41) is 13.1. The fraction of sp³-hybridized carbons (Fsp3) is 0.281. The van der Waals surface area contributed by atoms with Crippen LogP contribution in [0.3, 0.4) is 0 Å². The van der Waals surface area contributed by atoms with Crippen LogP contribution in [0, 0.1) is 5.82 Å². The first kappa shape index (κ1) is 29.4. The molecule has 6 rings (SSSR count). The number of aryl methyl sites for hydroxylation is 1. The Labute approximate surface area is 257 Å². The first-order chi connectivity index (χ1) is 21.3. The molecular weight excluding hydrogens is 583 g/mol. The molecule has 4 heterocycles. The predicted octanol–water partition coefficient (Wildman–Crippen LogP) is 3.52. The standard InChI is InChI=1S/C32H31FN6O4S/c1-2-15-37-19-29(42)38-26(16-22-3-7-24(40)8-4-22)32(43)36(17-23-6-9-25(33)31-30(23)35-20-44-31)18-27(38)39(37)28(41)10-5-21-11-13-34-14-12-21/h2-4,6-9,11-14,20,26-27,40H,1,5,10,15-19H2/t26-,27-/m0/s1. The van der Waals surface area contributed by atoms with Crippen molar-refractivity contribution in [2.75, 3.05) is 19.6 Å². The summed E-state index contributed by atoms with van der Waals surface area (Å²) in [4.78, 5) is 53.5. The van der Waals surface area contributed by atoms with Gasteiger partial charge in [0.05, 0.1) is 28.8 Å². The van der Waals surface area contributed by atoms with E-state index in [1.165, 1.54) is 29.5 Å². The lowest BCUT2D eigenvalue weighted by Gasteiger charge is -2.55. The zero-order valence-corrected chi connectivity index (χ0v) is 24.7. The third-order valence-corrected chi connectivity index (χ3v) is 8.88. The summed E-state index contributed by atoms with van der Waals surface area (Å²) in [6.07, 6.45) is 5.09. The van der Waals surface area contributed by atoms with E-state index in [9.17, 15) is 23.9 Å². The average molecular weight is 615 g/mol. The molecule has 0 radical (unpaired) electrons. The maximum absolute atomic E-state index is 14.5. The number of aromatic hydroxyl groups is 1. The summed E-state index contributed by atoms with van der Waals surface area (Å²) in [5.74, 6) is -1.02. The Kier molecular flexibility index (Phi) is 8.36. The minimum atomic E-state index is -0.904. The number of aromatic nitrogens is 2. The van der Waals surface area contributed by atoms with Crippen LogP contribution in [-0.2, 0) is 33.8 Å². The van der Waals surface area contributed by atoms with Crippen LogP contribution in [0.15, 0.2) is 79.1 Å². The SMILES string of the molecule is C=CCN1CC(=O)N2[C@@H](Cc3ccc(O)cc3)C(=O)N(Cc3ccc(F)c4scnc34)C[C@@H]2N1C(=O)CCc1ccncc1. The number of rotatable bonds is 9. The Morgan fingerprint density at radius 1 is 1.09 bits per heavy atom. The van der Waals surface area contributed by atoms with Gasteiger partial charge in [-0.15, -0.1) is 17.9 Å². The van der Waals surface area contributed by atoms with Crippen LogP contribution in [-0.4, -0.2) is 84.5 Å². The van der Waals surface area contributed by atoms with Gasteiger partial charge in [0.15, 0.2) is 0 Å². The van der Waals surface area contributed by atoms with Gasteiger partial charge in [0.2, 0.25) is 17.7 Å². The second-order valence-corrected chi connectivity index (χ2v) is 11.7. The van der Waals surface area contributed by atoms with Crippen molar-refractivity contribution < 1.29 is 23.9 Å². The number of hydrazine groups is 1. The number of hydrogen-bond acceptors (Lipinski definition) is 8. The highest BCUT2D eigenvalue weighted by Gasteiger charge is 2.51. The summed E-state index contributed by atoms with van der Waals surface area (Å²) in [5.41, 5.74) is 4.44. The van der Waals surface area contributed by atoms with Gasteiger partial charge in [-0.3, -0.25) is 19.4 Å². The van der Waals surface area contributed by atoms with Crippen molar-refractivity contribution in [2.45, 2.75) is 38.0 Å². The highest BCUT2D eigenvalue weighted by atomic mass is 32.1. The van der Waals surface area contributed by atoms with Crippen LogP contribution in [0.4, 0.5) is 4.39 Å². The predicted molar refractivity (Wildman–Crippen MR) is 162 cm³/mol. The van der Waals surface area contributed by atoms with Crippen molar-refractivity contribution in [2.24, 2.45) is 0 Å². The molecule has 10 nitrogen and oxygen atoms in total. The Morgan fingerprint density at radius 2 is 1.86 bits per heavy atom. The Balaban J connectivity index is 1.37.